The van der Waals surface area contributed by atoms with Gasteiger partial charge >= 0.3 is 11.4 Å². The van der Waals surface area contributed by atoms with E-state index in [4.69, 9.17) is 16.3 Å². The van der Waals surface area contributed by atoms with Crippen LogP contribution in [0.5, 0.6) is 11.5 Å². The Morgan fingerprint density at radius 2 is 1.63 bits per heavy atom. The van der Waals surface area contributed by atoms with Gasteiger partial charge in [0.25, 0.3) is 11.8 Å². The second-order valence-electron chi connectivity index (χ2n) is 12.7. The number of rotatable bonds is 6. The van der Waals surface area contributed by atoms with Gasteiger partial charge in [-0.15, -0.1) is 0 Å². The molecule has 1 aromatic heterocycles. The van der Waals surface area contributed by atoms with E-state index in [0.29, 0.717) is 37.6 Å². The SMILES string of the molecule is COc1cc([C@H]2C3=CCn4c(=O)n(-c5ccccc5)c(=O)n4[C@@H]3C[C@H]3C(=O)N(Nc4ccc(F)cc4)C(=O)[C@@]23c2ccc(Cl)cc2)c(Br)c(Br)c1O. The van der Waals surface area contributed by atoms with Gasteiger partial charge in [0.15, 0.2) is 11.5 Å². The van der Waals surface area contributed by atoms with Crippen molar-refractivity contribution in [3.63, 3.8) is 0 Å². The number of allylic oxidation sites excluding steroid dienone is 2. The fourth-order valence-electron chi connectivity index (χ4n) is 8.04. The predicted molar refractivity (Wildman–Crippen MR) is 197 cm³/mol. The van der Waals surface area contributed by atoms with Gasteiger partial charge in [0, 0.05) is 15.4 Å². The first-order valence-electron chi connectivity index (χ1n) is 16.1. The minimum Gasteiger partial charge on any atom is -0.503 e. The van der Waals surface area contributed by atoms with Crippen molar-refractivity contribution in [2.45, 2.75) is 30.3 Å². The number of ether oxygens (including phenoxy) is 1. The number of carbonyl (C=O) groups excluding carboxylic acids is 2. The van der Waals surface area contributed by atoms with Crippen molar-refractivity contribution in [2.75, 3.05) is 12.5 Å². The minimum absolute atomic E-state index is 0.00864. The topological polar surface area (TPSA) is 128 Å². The molecule has 0 unspecified atom stereocenters. The van der Waals surface area contributed by atoms with Gasteiger partial charge in [-0.25, -0.2) is 27.9 Å². The fraction of sp³-hybridized carbons (Fsp3) is 0.189. The van der Waals surface area contributed by atoms with E-state index in [9.17, 15) is 23.9 Å². The summed E-state index contributed by atoms with van der Waals surface area (Å²) < 4.78 is 23.9. The Bertz CT molecular complexity index is 2450. The van der Waals surface area contributed by atoms with E-state index in [0.717, 1.165) is 9.58 Å². The number of para-hydroxylation sites is 1. The summed E-state index contributed by atoms with van der Waals surface area (Å²) >= 11 is 13.5. The molecule has 3 heterocycles. The monoisotopic (exact) mass is 849 g/mol. The molecule has 4 aromatic carbocycles. The number of nitrogens with one attached hydrogen (secondary N) is 1. The third-order valence-electron chi connectivity index (χ3n) is 10.2. The number of aromatic nitrogens is 3. The molecule has 0 bridgehead atoms. The summed E-state index contributed by atoms with van der Waals surface area (Å²) in [7, 11) is 1.39. The van der Waals surface area contributed by atoms with Crippen molar-refractivity contribution in [3.05, 3.63) is 148 Å². The molecule has 8 rings (SSSR count). The van der Waals surface area contributed by atoms with Crippen LogP contribution >= 0.6 is 43.5 Å². The smallest absolute Gasteiger partial charge is 0.352 e. The van der Waals surface area contributed by atoms with Crippen LogP contribution in [0.3, 0.4) is 0 Å². The number of hydrazine groups is 1. The normalized spacial score (nSPS) is 22.1. The molecule has 52 heavy (non-hydrogen) atoms. The van der Waals surface area contributed by atoms with Crippen molar-refractivity contribution in [1.82, 2.24) is 18.9 Å². The first kappa shape index (κ1) is 34.2. The molecule has 0 radical (unpaired) electrons. The van der Waals surface area contributed by atoms with Crippen LogP contribution in [0, 0.1) is 11.7 Å². The van der Waals surface area contributed by atoms with Gasteiger partial charge in [0.2, 0.25) is 0 Å². The van der Waals surface area contributed by atoms with Crippen LogP contribution in [0.1, 0.15) is 29.5 Å². The van der Waals surface area contributed by atoms with E-state index < -0.39 is 52.3 Å². The number of halogens is 4. The van der Waals surface area contributed by atoms with Gasteiger partial charge in [-0.1, -0.05) is 48.0 Å². The molecule has 2 N–H and O–H groups in total. The zero-order valence-corrected chi connectivity index (χ0v) is 31.0. The highest BCUT2D eigenvalue weighted by molar-refractivity contribution is 9.13. The molecule has 5 aromatic rings. The molecular weight excluding hydrogens is 825 g/mol. The summed E-state index contributed by atoms with van der Waals surface area (Å²) in [5, 5.41) is 12.3. The summed E-state index contributed by atoms with van der Waals surface area (Å²) in [5.41, 5.74) is 2.31. The predicted octanol–water partition coefficient (Wildman–Crippen LogP) is 6.45. The third kappa shape index (κ3) is 4.87. The highest BCUT2D eigenvalue weighted by Crippen LogP contribution is 2.63. The molecule has 1 saturated carbocycles. The number of nitrogens with zero attached hydrogens (tertiary/aromatic N) is 4. The molecule has 2 aliphatic heterocycles. The molecule has 0 spiro atoms. The van der Waals surface area contributed by atoms with Crippen LogP contribution in [-0.4, -0.2) is 43.0 Å². The molecule has 4 atom stereocenters. The summed E-state index contributed by atoms with van der Waals surface area (Å²) in [6.45, 7) is -0.00864. The Morgan fingerprint density at radius 1 is 0.942 bits per heavy atom. The highest BCUT2D eigenvalue weighted by atomic mass is 79.9. The number of amides is 2. The minimum atomic E-state index is -1.66. The maximum Gasteiger partial charge on any atom is 0.352 e. The molecule has 264 valence electrons. The van der Waals surface area contributed by atoms with E-state index in [1.54, 1.807) is 60.7 Å². The van der Waals surface area contributed by atoms with Crippen LogP contribution in [0.2, 0.25) is 5.02 Å². The number of aromatic hydroxyl groups is 1. The summed E-state index contributed by atoms with van der Waals surface area (Å²) in [5.74, 6) is -3.89. The van der Waals surface area contributed by atoms with Gasteiger partial charge in [0.1, 0.15) is 5.82 Å². The zero-order valence-electron chi connectivity index (χ0n) is 27.1. The summed E-state index contributed by atoms with van der Waals surface area (Å²) in [6.07, 6.45) is 1.79. The Hall–Kier alpha value is -4.92. The molecule has 1 aliphatic carbocycles. The van der Waals surface area contributed by atoms with Crippen LogP contribution in [0.25, 0.3) is 5.69 Å². The van der Waals surface area contributed by atoms with Gasteiger partial charge in [-0.2, -0.15) is 5.01 Å². The highest BCUT2D eigenvalue weighted by Gasteiger charge is 2.69. The van der Waals surface area contributed by atoms with E-state index in [-0.39, 0.29) is 28.9 Å². The fourth-order valence-corrected chi connectivity index (χ4v) is 9.12. The molecule has 11 nitrogen and oxygen atoms in total. The van der Waals surface area contributed by atoms with Crippen molar-refractivity contribution in [2.24, 2.45) is 5.92 Å². The number of hydrogen-bond acceptors (Lipinski definition) is 7. The van der Waals surface area contributed by atoms with Gasteiger partial charge in [-0.05, 0) is 110 Å². The molecule has 2 fully saturated rings. The van der Waals surface area contributed by atoms with Gasteiger partial charge in [-0.3, -0.25) is 15.0 Å². The molecule has 1 saturated heterocycles. The van der Waals surface area contributed by atoms with E-state index in [1.807, 2.05) is 6.08 Å². The average molecular weight is 852 g/mol. The largest absolute Gasteiger partial charge is 0.503 e. The number of phenolic OH excluding ortho intramolecular Hbond substituents is 1. The van der Waals surface area contributed by atoms with Crippen LogP contribution in [0.15, 0.2) is 115 Å². The molecule has 3 aliphatic rings. The number of imide groups is 1. The summed E-state index contributed by atoms with van der Waals surface area (Å²) in [6, 6.07) is 21.2. The van der Waals surface area contributed by atoms with Crippen LogP contribution in [0.4, 0.5) is 10.1 Å². The van der Waals surface area contributed by atoms with E-state index in [2.05, 4.69) is 37.3 Å². The van der Waals surface area contributed by atoms with Crippen molar-refractivity contribution in [1.29, 1.82) is 0 Å². The lowest BCUT2D eigenvalue weighted by Gasteiger charge is -2.49. The van der Waals surface area contributed by atoms with Crippen molar-refractivity contribution >= 4 is 61.0 Å². The maximum absolute atomic E-state index is 15.3. The Morgan fingerprint density at radius 3 is 2.31 bits per heavy atom. The average Bonchev–Trinajstić information content (AvgIpc) is 3.53. The molecule has 2 amide bonds. The number of benzene rings is 4. The van der Waals surface area contributed by atoms with Crippen LogP contribution < -0.4 is 21.5 Å². The molecular formula is C37H27Br2ClFN5O6. The third-order valence-corrected chi connectivity index (χ3v) is 12.6. The lowest BCUT2D eigenvalue weighted by molar-refractivity contribution is -0.138. The quantitative estimate of drug-likeness (QED) is 0.149. The maximum atomic E-state index is 15.3. The van der Waals surface area contributed by atoms with Crippen molar-refractivity contribution in [3.8, 4) is 17.2 Å². The second-order valence-corrected chi connectivity index (χ2v) is 14.7. The number of methoxy groups -OCH3 is 1. The second kappa shape index (κ2) is 12.6. The number of hydrogen-bond donors (Lipinski definition) is 2. The van der Waals surface area contributed by atoms with E-state index in [1.165, 1.54) is 40.7 Å². The first-order valence-corrected chi connectivity index (χ1v) is 18.1. The Balaban J connectivity index is 1.42. The lowest BCUT2D eigenvalue weighted by atomic mass is 9.53. The standard InChI is InChI=1S/C37H27Br2ClFN5O6/c1-52-28-17-25(30(38)31(39)32(28)47)29-24-15-16-43-35(50)44(23-5-3-2-4-6-23)36(51)46(43)27(24)18-26-33(48)45(42-22-13-11-21(41)12-14-22)34(49)37(26,29)19-7-9-20(40)10-8-19/h2-15,17,26-27,29,42,47H,16,18H2,1H3/t26-,27+,29+,37+/m0/s1. The van der Waals surface area contributed by atoms with E-state index >= 15 is 4.79 Å². The number of fused-ring (bicyclic) bond motifs is 4. The lowest BCUT2D eigenvalue weighted by Crippen LogP contribution is -2.53. The van der Waals surface area contributed by atoms with Crippen LogP contribution in [-0.2, 0) is 21.5 Å². The Labute approximate surface area is 316 Å². The number of phenols is 1. The molecule has 15 heteroatoms. The Kier molecular flexibility index (Phi) is 8.31. The number of carbonyl (C=O) groups is 2. The zero-order chi connectivity index (χ0) is 36.6. The first-order chi connectivity index (χ1) is 25.0. The summed E-state index contributed by atoms with van der Waals surface area (Å²) in [4.78, 5) is 58.4. The van der Waals surface area contributed by atoms with Crippen molar-refractivity contribution < 1.29 is 23.8 Å². The van der Waals surface area contributed by atoms with Gasteiger partial charge < -0.3 is 9.84 Å². The number of anilines is 1. The van der Waals surface area contributed by atoms with Gasteiger partial charge in [0.05, 0.1) is 46.9 Å².